The second-order valence-electron chi connectivity index (χ2n) is 6.46. The molecule has 26 heavy (non-hydrogen) atoms. The molecule has 0 aromatic heterocycles. The summed E-state index contributed by atoms with van der Waals surface area (Å²) in [5.74, 6) is -0.752. The predicted molar refractivity (Wildman–Crippen MR) is 101 cm³/mol. The third-order valence-corrected chi connectivity index (χ3v) is 4.46. The summed E-state index contributed by atoms with van der Waals surface area (Å²) < 4.78 is 0. The number of nitrogens with one attached hydrogen (secondary N) is 3. The van der Waals surface area contributed by atoms with E-state index in [0.29, 0.717) is 5.69 Å². The molecular weight excluding hydrogens is 328 g/mol. The van der Waals surface area contributed by atoms with Gasteiger partial charge in [0.05, 0.1) is 0 Å². The lowest BCUT2D eigenvalue weighted by Crippen LogP contribution is -2.36. The molecule has 0 atom stereocenters. The quantitative estimate of drug-likeness (QED) is 0.518. The number of piperidine rings is 1. The Bertz CT molecular complexity index is 683. The van der Waals surface area contributed by atoms with Crippen LogP contribution >= 0.6 is 0 Å². The van der Waals surface area contributed by atoms with Crippen LogP contribution in [0.25, 0.3) is 0 Å². The van der Waals surface area contributed by atoms with E-state index in [9.17, 15) is 14.9 Å². The highest BCUT2D eigenvalue weighted by Crippen LogP contribution is 2.13. The van der Waals surface area contributed by atoms with Crippen molar-refractivity contribution in [3.8, 4) is 6.07 Å². The SMILES string of the molecule is CCCCc1ccc(NC(=O)/C(C#N)=C\NC(=O)C2CCNCC2)cc1. The van der Waals surface area contributed by atoms with Crippen molar-refractivity contribution in [1.82, 2.24) is 10.6 Å². The van der Waals surface area contributed by atoms with Crippen LogP contribution in [0.4, 0.5) is 5.69 Å². The standard InChI is InChI=1S/C20H26N4O2/c1-2-3-4-15-5-7-18(8-6-15)24-20(26)17(13-21)14-23-19(25)16-9-11-22-12-10-16/h5-8,14,16,22H,2-4,9-12H2,1H3,(H,23,25)(H,24,26)/b17-14-. The number of unbranched alkanes of at least 4 members (excludes halogenated alkanes) is 1. The largest absolute Gasteiger partial charge is 0.331 e. The van der Waals surface area contributed by atoms with E-state index in [0.717, 1.165) is 45.2 Å². The van der Waals surface area contributed by atoms with E-state index in [2.05, 4.69) is 22.9 Å². The van der Waals surface area contributed by atoms with Crippen molar-refractivity contribution >= 4 is 17.5 Å². The maximum absolute atomic E-state index is 12.2. The average molecular weight is 354 g/mol. The van der Waals surface area contributed by atoms with Crippen molar-refractivity contribution in [1.29, 1.82) is 5.26 Å². The second-order valence-corrected chi connectivity index (χ2v) is 6.46. The summed E-state index contributed by atoms with van der Waals surface area (Å²) in [4.78, 5) is 24.3. The van der Waals surface area contributed by atoms with Gasteiger partial charge in [-0.15, -0.1) is 0 Å². The van der Waals surface area contributed by atoms with E-state index >= 15 is 0 Å². The Kier molecular flexibility index (Phi) is 7.84. The number of hydrogen-bond donors (Lipinski definition) is 3. The van der Waals surface area contributed by atoms with Crippen LogP contribution in [-0.2, 0) is 16.0 Å². The summed E-state index contributed by atoms with van der Waals surface area (Å²) in [6.07, 6.45) is 6.00. The van der Waals surface area contributed by atoms with E-state index in [1.54, 1.807) is 0 Å². The van der Waals surface area contributed by atoms with Crippen LogP contribution in [-0.4, -0.2) is 24.9 Å². The molecule has 1 aliphatic rings. The number of rotatable bonds is 7. The number of nitrogens with zero attached hydrogens (tertiary/aromatic N) is 1. The van der Waals surface area contributed by atoms with Crippen LogP contribution in [0.15, 0.2) is 36.0 Å². The minimum atomic E-state index is -0.528. The van der Waals surface area contributed by atoms with Gasteiger partial charge >= 0.3 is 0 Å². The minimum Gasteiger partial charge on any atom is -0.331 e. The van der Waals surface area contributed by atoms with E-state index in [1.165, 1.54) is 11.8 Å². The first-order chi connectivity index (χ1) is 12.6. The lowest BCUT2D eigenvalue weighted by molar-refractivity contribution is -0.124. The van der Waals surface area contributed by atoms with E-state index < -0.39 is 5.91 Å². The van der Waals surface area contributed by atoms with Crippen LogP contribution < -0.4 is 16.0 Å². The molecule has 2 rings (SSSR count). The number of carbonyl (C=O) groups excluding carboxylic acids is 2. The van der Waals surface area contributed by atoms with Gasteiger partial charge in [0.2, 0.25) is 5.91 Å². The Morgan fingerprint density at radius 2 is 1.96 bits per heavy atom. The van der Waals surface area contributed by atoms with Gasteiger partial charge in [0.15, 0.2) is 0 Å². The smallest absolute Gasteiger partial charge is 0.267 e. The van der Waals surface area contributed by atoms with Gasteiger partial charge in [0, 0.05) is 17.8 Å². The highest BCUT2D eigenvalue weighted by molar-refractivity contribution is 6.06. The highest BCUT2D eigenvalue weighted by atomic mass is 16.2. The molecule has 138 valence electrons. The van der Waals surface area contributed by atoms with E-state index in [1.807, 2.05) is 30.3 Å². The fourth-order valence-electron chi connectivity index (χ4n) is 2.83. The molecule has 1 aromatic rings. The molecule has 1 fully saturated rings. The first-order valence-electron chi connectivity index (χ1n) is 9.15. The summed E-state index contributed by atoms with van der Waals surface area (Å²) in [5, 5.41) is 17.7. The van der Waals surface area contributed by atoms with Crippen molar-refractivity contribution in [2.24, 2.45) is 5.92 Å². The first kappa shape index (κ1) is 19.7. The predicted octanol–water partition coefficient (Wildman–Crippen LogP) is 2.49. The number of carbonyl (C=O) groups is 2. The number of benzene rings is 1. The fraction of sp³-hybridized carbons (Fsp3) is 0.450. The van der Waals surface area contributed by atoms with E-state index in [-0.39, 0.29) is 17.4 Å². The van der Waals surface area contributed by atoms with Crippen molar-refractivity contribution < 1.29 is 9.59 Å². The summed E-state index contributed by atoms with van der Waals surface area (Å²) in [5.41, 5.74) is 1.72. The summed E-state index contributed by atoms with van der Waals surface area (Å²) in [6, 6.07) is 9.44. The molecule has 3 N–H and O–H groups in total. The zero-order valence-corrected chi connectivity index (χ0v) is 15.2. The van der Waals surface area contributed by atoms with Gasteiger partial charge in [-0.3, -0.25) is 9.59 Å². The maximum Gasteiger partial charge on any atom is 0.267 e. The van der Waals surface area contributed by atoms with Crippen molar-refractivity contribution in [2.45, 2.75) is 39.0 Å². The van der Waals surface area contributed by atoms with Gasteiger partial charge < -0.3 is 16.0 Å². The van der Waals surface area contributed by atoms with Crippen LogP contribution in [0.2, 0.25) is 0 Å². The van der Waals surface area contributed by atoms with Crippen molar-refractivity contribution in [2.75, 3.05) is 18.4 Å². The minimum absolute atomic E-state index is 0.0776. The molecule has 6 heteroatoms. The highest BCUT2D eigenvalue weighted by Gasteiger charge is 2.20. The summed E-state index contributed by atoms with van der Waals surface area (Å²) >= 11 is 0. The zero-order valence-electron chi connectivity index (χ0n) is 15.2. The Morgan fingerprint density at radius 1 is 1.27 bits per heavy atom. The number of hydrogen-bond acceptors (Lipinski definition) is 4. The molecule has 0 bridgehead atoms. The van der Waals surface area contributed by atoms with Gasteiger partial charge in [0.25, 0.3) is 5.91 Å². The van der Waals surface area contributed by atoms with Crippen LogP contribution in [0.5, 0.6) is 0 Å². The molecule has 0 aliphatic carbocycles. The molecular formula is C20H26N4O2. The molecule has 2 amide bonds. The Morgan fingerprint density at radius 3 is 2.58 bits per heavy atom. The van der Waals surface area contributed by atoms with Gasteiger partial charge in [-0.05, 0) is 56.5 Å². The van der Waals surface area contributed by atoms with Crippen LogP contribution in [0, 0.1) is 17.2 Å². The van der Waals surface area contributed by atoms with Gasteiger partial charge in [-0.1, -0.05) is 25.5 Å². The molecule has 0 radical (unpaired) electrons. The first-order valence-corrected chi connectivity index (χ1v) is 9.15. The average Bonchev–Trinajstić information content (AvgIpc) is 2.68. The maximum atomic E-state index is 12.2. The third-order valence-electron chi connectivity index (χ3n) is 4.46. The van der Waals surface area contributed by atoms with Crippen molar-refractivity contribution in [3.63, 3.8) is 0 Å². The number of aryl methyl sites for hydroxylation is 1. The Hall–Kier alpha value is -2.65. The second kappa shape index (κ2) is 10.4. The Balaban J connectivity index is 1.90. The molecule has 1 aliphatic heterocycles. The van der Waals surface area contributed by atoms with Crippen molar-refractivity contribution in [3.05, 3.63) is 41.6 Å². The monoisotopic (exact) mass is 354 g/mol. The summed E-state index contributed by atoms with van der Waals surface area (Å²) in [6.45, 7) is 3.76. The molecule has 1 aromatic carbocycles. The normalized spacial score (nSPS) is 15.2. The summed E-state index contributed by atoms with van der Waals surface area (Å²) in [7, 11) is 0. The Labute approximate surface area is 154 Å². The van der Waals surface area contributed by atoms with Crippen LogP contribution in [0.1, 0.15) is 38.2 Å². The van der Waals surface area contributed by atoms with Gasteiger partial charge in [-0.25, -0.2) is 0 Å². The molecule has 0 saturated carbocycles. The molecule has 1 heterocycles. The number of nitriles is 1. The van der Waals surface area contributed by atoms with Crippen LogP contribution in [0.3, 0.4) is 0 Å². The molecule has 0 spiro atoms. The third kappa shape index (κ3) is 6.01. The fourth-order valence-corrected chi connectivity index (χ4v) is 2.83. The molecule has 6 nitrogen and oxygen atoms in total. The van der Waals surface area contributed by atoms with Gasteiger partial charge in [0.1, 0.15) is 11.6 Å². The molecule has 1 saturated heterocycles. The molecule has 0 unspecified atom stereocenters. The zero-order chi connectivity index (χ0) is 18.8. The number of anilines is 1. The van der Waals surface area contributed by atoms with Gasteiger partial charge in [-0.2, -0.15) is 5.26 Å². The van der Waals surface area contributed by atoms with E-state index in [4.69, 9.17) is 0 Å². The topological polar surface area (TPSA) is 94.0 Å². The number of amides is 2. The lowest BCUT2D eigenvalue weighted by Gasteiger charge is -2.20. The lowest BCUT2D eigenvalue weighted by atomic mass is 9.97.